The molecule has 0 aliphatic carbocycles. The summed E-state index contributed by atoms with van der Waals surface area (Å²) in [6.45, 7) is 15.0. The smallest absolute Gasteiger partial charge is 0.0302 e. The maximum Gasteiger partial charge on any atom is 0.0302 e. The molecule has 98 valence electrons. The monoisotopic (exact) mass is 236 g/mol. The van der Waals surface area contributed by atoms with Crippen molar-refractivity contribution in [2.45, 2.75) is 38.6 Å². The molecule has 0 amide bonds. The third-order valence-electron chi connectivity index (χ3n) is 3.65. The number of unbranched alkanes of at least 4 members (excludes halogenated alkanes) is 1. The second-order valence-corrected chi connectivity index (χ2v) is 5.27. The van der Waals surface area contributed by atoms with Crippen molar-refractivity contribution in [3.63, 3.8) is 0 Å². The topological polar surface area (TPSA) is 6.48 Å². The van der Waals surface area contributed by atoms with Crippen LogP contribution in [-0.4, -0.2) is 49.1 Å². The Hall–Kier alpha value is -0.600. The van der Waals surface area contributed by atoms with Gasteiger partial charge in [-0.2, -0.15) is 0 Å². The van der Waals surface area contributed by atoms with E-state index in [1.54, 1.807) is 0 Å². The molecule has 0 radical (unpaired) electrons. The Morgan fingerprint density at radius 3 is 2.71 bits per heavy atom. The molecule has 1 rings (SSSR count). The lowest BCUT2D eigenvalue weighted by atomic mass is 10.0. The summed E-state index contributed by atoms with van der Waals surface area (Å²) in [5.74, 6) is 0. The molecule has 0 N–H and O–H groups in total. The van der Waals surface area contributed by atoms with E-state index in [0.717, 1.165) is 6.42 Å². The Kier molecular flexibility index (Phi) is 6.53. The summed E-state index contributed by atoms with van der Waals surface area (Å²) in [7, 11) is 2.22. The van der Waals surface area contributed by atoms with E-state index in [-0.39, 0.29) is 0 Å². The average molecular weight is 236 g/mol. The van der Waals surface area contributed by atoms with E-state index in [4.69, 9.17) is 0 Å². The molecular weight excluding hydrogens is 208 g/mol. The fourth-order valence-electron chi connectivity index (χ4n) is 2.57. The highest BCUT2D eigenvalue weighted by molar-refractivity contribution is 5.03. The number of allylic oxidation sites excluding steroid dienone is 1. The van der Waals surface area contributed by atoms with Crippen LogP contribution >= 0.6 is 0 Å². The summed E-state index contributed by atoms with van der Waals surface area (Å²) in [5.41, 5.74) is 1.32. The van der Waals surface area contributed by atoms with Crippen LogP contribution in [0.2, 0.25) is 0 Å². The lowest BCUT2D eigenvalue weighted by Crippen LogP contribution is -2.38. The molecule has 0 spiro atoms. The van der Waals surface area contributed by atoms with Crippen molar-refractivity contribution in [2.75, 3.05) is 33.2 Å². The molecule has 0 bridgehead atoms. The molecule has 1 fully saturated rings. The summed E-state index contributed by atoms with van der Waals surface area (Å²) in [6, 6.07) is 0.571. The third-order valence-corrected chi connectivity index (χ3v) is 3.65. The van der Waals surface area contributed by atoms with Crippen LogP contribution in [0.4, 0.5) is 0 Å². The van der Waals surface area contributed by atoms with Gasteiger partial charge in [-0.3, -0.25) is 4.90 Å². The number of hydrogen-bond donors (Lipinski definition) is 0. The predicted molar refractivity (Wildman–Crippen MR) is 76.3 cm³/mol. The zero-order valence-corrected chi connectivity index (χ0v) is 11.6. The summed E-state index contributed by atoms with van der Waals surface area (Å²) >= 11 is 0. The van der Waals surface area contributed by atoms with Crippen molar-refractivity contribution < 1.29 is 0 Å². The molecule has 1 unspecified atom stereocenters. The minimum absolute atomic E-state index is 0.571. The first kappa shape index (κ1) is 14.5. The van der Waals surface area contributed by atoms with E-state index >= 15 is 0 Å². The summed E-state index contributed by atoms with van der Waals surface area (Å²) in [5, 5.41) is 0. The first-order valence-corrected chi connectivity index (χ1v) is 6.84. The SMILES string of the molecule is C=CCCCC(C(=C)C)N1CCCN(C)CC1. The van der Waals surface area contributed by atoms with Crippen LogP contribution < -0.4 is 0 Å². The second-order valence-electron chi connectivity index (χ2n) is 5.27. The zero-order chi connectivity index (χ0) is 12.7. The fourth-order valence-corrected chi connectivity index (χ4v) is 2.57. The van der Waals surface area contributed by atoms with Crippen LogP contribution in [0.3, 0.4) is 0 Å². The number of hydrogen-bond acceptors (Lipinski definition) is 2. The molecule has 2 nitrogen and oxygen atoms in total. The van der Waals surface area contributed by atoms with Crippen LogP contribution in [0.25, 0.3) is 0 Å². The molecule has 1 heterocycles. The van der Waals surface area contributed by atoms with Gasteiger partial charge in [0.2, 0.25) is 0 Å². The molecule has 0 saturated carbocycles. The second kappa shape index (κ2) is 7.67. The Morgan fingerprint density at radius 1 is 1.29 bits per heavy atom. The quantitative estimate of drug-likeness (QED) is 0.517. The van der Waals surface area contributed by atoms with E-state index < -0.39 is 0 Å². The van der Waals surface area contributed by atoms with Crippen molar-refractivity contribution in [3.8, 4) is 0 Å². The molecule has 1 atom stereocenters. The lowest BCUT2D eigenvalue weighted by Gasteiger charge is -2.31. The van der Waals surface area contributed by atoms with Crippen LogP contribution in [-0.2, 0) is 0 Å². The lowest BCUT2D eigenvalue weighted by molar-refractivity contribution is 0.215. The van der Waals surface area contributed by atoms with E-state index in [9.17, 15) is 0 Å². The highest BCUT2D eigenvalue weighted by atomic mass is 15.2. The highest BCUT2D eigenvalue weighted by Gasteiger charge is 2.20. The van der Waals surface area contributed by atoms with Crippen molar-refractivity contribution in [1.29, 1.82) is 0 Å². The Bertz CT molecular complexity index is 247. The first-order valence-electron chi connectivity index (χ1n) is 6.84. The van der Waals surface area contributed by atoms with Gasteiger partial charge in [-0.25, -0.2) is 0 Å². The van der Waals surface area contributed by atoms with Gasteiger partial charge < -0.3 is 4.90 Å². The largest absolute Gasteiger partial charge is 0.305 e. The third kappa shape index (κ3) is 5.05. The van der Waals surface area contributed by atoms with Gasteiger partial charge in [-0.05, 0) is 46.2 Å². The fraction of sp³-hybridized carbons (Fsp3) is 0.733. The van der Waals surface area contributed by atoms with Crippen LogP contribution in [0.5, 0.6) is 0 Å². The summed E-state index contributed by atoms with van der Waals surface area (Å²) < 4.78 is 0. The Morgan fingerprint density at radius 2 is 2.06 bits per heavy atom. The van der Waals surface area contributed by atoms with Crippen molar-refractivity contribution in [2.24, 2.45) is 0 Å². The van der Waals surface area contributed by atoms with Gasteiger partial charge in [0, 0.05) is 25.7 Å². The molecule has 1 aliphatic heterocycles. The molecule has 1 aliphatic rings. The van der Waals surface area contributed by atoms with Crippen molar-refractivity contribution in [3.05, 3.63) is 24.8 Å². The van der Waals surface area contributed by atoms with Gasteiger partial charge in [0.05, 0.1) is 0 Å². The number of nitrogens with zero attached hydrogens (tertiary/aromatic N) is 2. The molecule has 2 heteroatoms. The van der Waals surface area contributed by atoms with E-state index in [2.05, 4.69) is 36.9 Å². The predicted octanol–water partition coefficient (Wildman–Crippen LogP) is 2.92. The van der Waals surface area contributed by atoms with E-state index in [0.29, 0.717) is 6.04 Å². The molecular formula is C15H28N2. The number of rotatable bonds is 6. The van der Waals surface area contributed by atoms with E-state index in [1.165, 1.54) is 51.0 Å². The minimum Gasteiger partial charge on any atom is -0.305 e. The average Bonchev–Trinajstić information content (AvgIpc) is 2.49. The van der Waals surface area contributed by atoms with Gasteiger partial charge >= 0.3 is 0 Å². The molecule has 0 aromatic carbocycles. The van der Waals surface area contributed by atoms with Gasteiger partial charge in [-0.1, -0.05) is 18.2 Å². The Balaban J connectivity index is 2.50. The van der Waals surface area contributed by atoms with Crippen LogP contribution in [0.1, 0.15) is 32.6 Å². The molecule has 0 aromatic heterocycles. The van der Waals surface area contributed by atoms with Crippen LogP contribution in [0, 0.1) is 0 Å². The normalized spacial score (nSPS) is 20.8. The maximum absolute atomic E-state index is 4.18. The van der Waals surface area contributed by atoms with E-state index in [1.807, 2.05) is 6.08 Å². The standard InChI is InChI=1S/C15H28N2/c1-5-6-7-9-15(14(2)3)17-11-8-10-16(4)12-13-17/h5,15H,1-2,6-13H2,3-4H3. The van der Waals surface area contributed by atoms with Crippen molar-refractivity contribution >= 4 is 0 Å². The highest BCUT2D eigenvalue weighted by Crippen LogP contribution is 2.18. The summed E-state index contributed by atoms with van der Waals surface area (Å²) in [6.07, 6.45) is 6.88. The minimum atomic E-state index is 0.571. The number of likely N-dealkylation sites (N-methyl/N-ethyl adjacent to an activating group) is 1. The first-order chi connectivity index (χ1) is 8.15. The summed E-state index contributed by atoms with van der Waals surface area (Å²) in [4.78, 5) is 5.05. The molecule has 1 saturated heterocycles. The Labute approximate surface area is 107 Å². The van der Waals surface area contributed by atoms with Crippen LogP contribution in [0.15, 0.2) is 24.8 Å². The van der Waals surface area contributed by atoms with Gasteiger partial charge in [0.15, 0.2) is 0 Å². The molecule has 17 heavy (non-hydrogen) atoms. The van der Waals surface area contributed by atoms with Gasteiger partial charge in [0.1, 0.15) is 0 Å². The van der Waals surface area contributed by atoms with Gasteiger partial charge in [-0.15, -0.1) is 6.58 Å². The zero-order valence-electron chi connectivity index (χ0n) is 11.6. The molecule has 0 aromatic rings. The van der Waals surface area contributed by atoms with Gasteiger partial charge in [0.25, 0.3) is 0 Å². The van der Waals surface area contributed by atoms with Crippen molar-refractivity contribution in [1.82, 2.24) is 9.80 Å². The maximum atomic E-state index is 4.18.